The van der Waals surface area contributed by atoms with Crippen LogP contribution in [0.2, 0.25) is 0 Å². The molecule has 0 heterocycles. The van der Waals surface area contributed by atoms with Crippen LogP contribution in [-0.2, 0) is 21.1 Å². The fourth-order valence-corrected chi connectivity index (χ4v) is 0. The van der Waals surface area contributed by atoms with Gasteiger partial charge in [-0.2, -0.15) is 0 Å². The van der Waals surface area contributed by atoms with E-state index >= 15 is 0 Å². The molecule has 0 aliphatic rings. The first-order valence-corrected chi connectivity index (χ1v) is 0. The second kappa shape index (κ2) is 16.6. The molecule has 0 aliphatic carbocycles. The molecule has 0 amide bonds. The Morgan fingerprint density at radius 2 is 1.25 bits per heavy atom. The molecule has 28 valence electrons. The Kier molecular flexibility index (Phi) is 116. The summed E-state index contributed by atoms with van der Waals surface area (Å²) in [5, 5.41) is 0. The molecule has 0 rings (SSSR count). The fourth-order valence-electron chi connectivity index (χ4n) is 0. The minimum atomic E-state index is 0. The van der Waals surface area contributed by atoms with Crippen molar-refractivity contribution < 1.29 is 79.4 Å². The van der Waals surface area contributed by atoms with Crippen molar-refractivity contribution in [2.45, 2.75) is 0 Å². The molecule has 0 aromatic carbocycles. The molecule has 0 fully saturated rings. The summed E-state index contributed by atoms with van der Waals surface area (Å²) in [6, 6.07) is 0. The van der Waals surface area contributed by atoms with E-state index in [4.69, 9.17) is 0 Å². The van der Waals surface area contributed by atoms with Crippen molar-refractivity contribution in [3.05, 3.63) is 0 Å². The predicted octanol–water partition coefficient (Wildman–Crippen LogP) is -3.09. The van der Waals surface area contributed by atoms with E-state index in [-0.39, 0.29) is 103 Å². The van der Waals surface area contributed by atoms with Crippen molar-refractivity contribution in [3.63, 3.8) is 0 Å². The average Bonchev–Trinajstić information content (AvgIpc) is 0. The standard InChI is InChI=1S/HI.K.H2O.Pt.H/h1H;;1H2;;/q;+1;;;-1. The van der Waals surface area contributed by atoms with Gasteiger partial charge in [-0.1, -0.05) is 0 Å². The van der Waals surface area contributed by atoms with Gasteiger partial charge >= 0.3 is 51.4 Å². The second-order valence-electron chi connectivity index (χ2n) is 0. The maximum atomic E-state index is 0. The summed E-state index contributed by atoms with van der Waals surface area (Å²) in [6.07, 6.45) is 0. The van der Waals surface area contributed by atoms with Crippen LogP contribution in [0, 0.1) is 0 Å². The van der Waals surface area contributed by atoms with Crippen LogP contribution in [0.4, 0.5) is 0 Å². The number of rotatable bonds is 0. The van der Waals surface area contributed by atoms with Crippen LogP contribution >= 0.6 is 24.0 Å². The van der Waals surface area contributed by atoms with E-state index < -0.39 is 0 Å². The van der Waals surface area contributed by atoms with Gasteiger partial charge in [-0.05, 0) is 0 Å². The van der Waals surface area contributed by atoms with Gasteiger partial charge in [0.25, 0.3) is 0 Å². The molecule has 0 aliphatic heterocycles. The molecule has 1 nitrogen and oxygen atoms in total. The van der Waals surface area contributed by atoms with Gasteiger partial charge in [-0.3, -0.25) is 0 Å². The van der Waals surface area contributed by atoms with E-state index in [1.165, 1.54) is 0 Å². The van der Waals surface area contributed by atoms with Gasteiger partial charge in [0, 0.05) is 21.1 Å². The Balaban J connectivity index is 0. The van der Waals surface area contributed by atoms with Gasteiger partial charge in [-0.15, -0.1) is 24.0 Å². The Labute approximate surface area is 101 Å². The van der Waals surface area contributed by atoms with Crippen LogP contribution in [0.15, 0.2) is 0 Å². The van der Waals surface area contributed by atoms with Gasteiger partial charge in [0.05, 0.1) is 0 Å². The maximum absolute atomic E-state index is 0. The quantitative estimate of drug-likeness (QED) is 0.315. The van der Waals surface area contributed by atoms with Crippen LogP contribution in [0.5, 0.6) is 0 Å². The minimum Gasteiger partial charge on any atom is -1.00 e. The van der Waals surface area contributed by atoms with E-state index in [0.717, 1.165) is 0 Å². The molecule has 0 aromatic heterocycles. The van der Waals surface area contributed by atoms with E-state index in [1.807, 2.05) is 0 Å². The van der Waals surface area contributed by atoms with Gasteiger partial charge in [0.15, 0.2) is 0 Å². The largest absolute Gasteiger partial charge is 1.00 e. The van der Waals surface area contributed by atoms with Crippen LogP contribution in [0.3, 0.4) is 0 Å². The van der Waals surface area contributed by atoms with E-state index in [0.29, 0.717) is 0 Å². The zero-order valence-electron chi connectivity index (χ0n) is 3.22. The third-order valence-electron chi connectivity index (χ3n) is 0. The Morgan fingerprint density at radius 3 is 1.25 bits per heavy atom. The molecule has 4 heteroatoms. The molecule has 0 saturated carbocycles. The van der Waals surface area contributed by atoms with Crippen LogP contribution in [0.25, 0.3) is 0 Å². The van der Waals surface area contributed by atoms with Crippen molar-refractivity contribution in [2.75, 3.05) is 0 Å². The van der Waals surface area contributed by atoms with E-state index in [1.54, 1.807) is 0 Å². The predicted molar refractivity (Wildman–Crippen MR) is 20.1 cm³/mol. The third kappa shape index (κ3) is 8.89. The van der Waals surface area contributed by atoms with Crippen molar-refractivity contribution >= 4 is 24.0 Å². The normalized spacial score (nSPS) is 0. The molecular formula is H4IKOPt. The number of halogens is 1. The van der Waals surface area contributed by atoms with Crippen LogP contribution in [-0.4, -0.2) is 5.48 Å². The van der Waals surface area contributed by atoms with Crippen molar-refractivity contribution in [1.82, 2.24) is 0 Å². The molecular weight excluding hydrogens is 377 g/mol. The monoisotopic (exact) mass is 381 g/mol. The topological polar surface area (TPSA) is 31.5 Å². The van der Waals surface area contributed by atoms with E-state index in [9.17, 15) is 0 Å². The Bertz CT molecular complexity index is 11.6. The summed E-state index contributed by atoms with van der Waals surface area (Å²) >= 11 is 0. The summed E-state index contributed by atoms with van der Waals surface area (Å²) in [5.74, 6) is 0. The van der Waals surface area contributed by atoms with Crippen molar-refractivity contribution in [1.29, 1.82) is 0 Å². The zero-order valence-corrected chi connectivity index (χ0v) is 9.95. The van der Waals surface area contributed by atoms with Gasteiger partial charge < -0.3 is 6.90 Å². The maximum Gasteiger partial charge on any atom is 1.00 e. The van der Waals surface area contributed by atoms with Crippen LogP contribution in [0.1, 0.15) is 1.43 Å². The third-order valence-corrected chi connectivity index (χ3v) is 0. The molecule has 0 unspecified atom stereocenters. The molecule has 2 N–H and O–H groups in total. The summed E-state index contributed by atoms with van der Waals surface area (Å²) in [6.45, 7) is 0. The Hall–Kier alpha value is 3.01. The van der Waals surface area contributed by atoms with Crippen molar-refractivity contribution in [3.8, 4) is 0 Å². The molecule has 0 bridgehead atoms. The summed E-state index contributed by atoms with van der Waals surface area (Å²) < 4.78 is 0. The fraction of sp³-hybridized carbons (Fsp3) is 0. The average molecular weight is 381 g/mol. The molecule has 4 heavy (non-hydrogen) atoms. The molecule has 0 spiro atoms. The number of hydrogen-bond acceptors (Lipinski definition) is 0. The smallest absolute Gasteiger partial charge is 1.00 e. The second-order valence-corrected chi connectivity index (χ2v) is 0. The molecule has 0 atom stereocenters. The molecule has 0 saturated heterocycles. The van der Waals surface area contributed by atoms with Crippen molar-refractivity contribution in [2.24, 2.45) is 0 Å². The first kappa shape index (κ1) is 27.9. The van der Waals surface area contributed by atoms with Gasteiger partial charge in [0.1, 0.15) is 0 Å². The minimum absolute atomic E-state index is 0. The summed E-state index contributed by atoms with van der Waals surface area (Å²) in [5.41, 5.74) is 0. The van der Waals surface area contributed by atoms with Gasteiger partial charge in [0.2, 0.25) is 0 Å². The Morgan fingerprint density at radius 1 is 1.25 bits per heavy atom. The number of hydrogen-bond donors (Lipinski definition) is 0. The van der Waals surface area contributed by atoms with E-state index in [2.05, 4.69) is 0 Å². The summed E-state index contributed by atoms with van der Waals surface area (Å²) in [7, 11) is 0. The van der Waals surface area contributed by atoms with Crippen LogP contribution < -0.4 is 51.4 Å². The zero-order chi connectivity index (χ0) is 0. The molecule has 0 radical (unpaired) electrons. The summed E-state index contributed by atoms with van der Waals surface area (Å²) in [4.78, 5) is 0. The molecule has 0 aromatic rings. The SMILES string of the molecule is I.O.[H-].[K+].[Pt]. The first-order chi connectivity index (χ1) is 0. The first-order valence-electron chi connectivity index (χ1n) is 0. The van der Waals surface area contributed by atoms with Gasteiger partial charge in [-0.25, -0.2) is 0 Å².